The second-order valence-corrected chi connectivity index (χ2v) is 4.74. The van der Waals surface area contributed by atoms with Crippen LogP contribution >= 0.6 is 15.9 Å². The van der Waals surface area contributed by atoms with Crippen molar-refractivity contribution in [1.29, 1.82) is 0 Å². The third-order valence-electron chi connectivity index (χ3n) is 2.59. The van der Waals surface area contributed by atoms with Crippen LogP contribution < -0.4 is 0 Å². The molecule has 0 unspecified atom stereocenters. The molecule has 0 heterocycles. The smallest absolute Gasteiger partial charge is 0.0637 e. The van der Waals surface area contributed by atoms with E-state index >= 15 is 0 Å². The van der Waals surface area contributed by atoms with E-state index in [2.05, 4.69) is 52.1 Å². The summed E-state index contributed by atoms with van der Waals surface area (Å²) in [5.74, 6) is 0. The highest BCUT2D eigenvalue weighted by Crippen LogP contribution is 2.18. The van der Waals surface area contributed by atoms with E-state index < -0.39 is 0 Å². The van der Waals surface area contributed by atoms with Crippen molar-refractivity contribution in [2.24, 2.45) is 0 Å². The molecule has 0 spiro atoms. The third kappa shape index (κ3) is 4.54. The Bertz CT molecular complexity index is 294. The molecule has 1 aliphatic rings. The van der Waals surface area contributed by atoms with Crippen molar-refractivity contribution in [3.8, 4) is 0 Å². The Morgan fingerprint density at radius 1 is 1.44 bits per heavy atom. The first-order valence-corrected chi connectivity index (χ1v) is 6.54. The highest BCUT2D eigenvalue weighted by molar-refractivity contribution is 9.11. The minimum absolute atomic E-state index is 0.768. The van der Waals surface area contributed by atoms with Crippen LogP contribution in [0.25, 0.3) is 0 Å². The first kappa shape index (κ1) is 13.5. The fourth-order valence-corrected chi connectivity index (χ4v) is 1.98. The van der Waals surface area contributed by atoms with E-state index in [0.29, 0.717) is 0 Å². The molecule has 0 aromatic heterocycles. The quantitative estimate of drug-likeness (QED) is 0.767. The molecule has 0 aromatic rings. The molecule has 1 aliphatic carbocycles. The molecule has 0 fully saturated rings. The van der Waals surface area contributed by atoms with Gasteiger partial charge in [0.1, 0.15) is 0 Å². The molecule has 0 saturated carbocycles. The fourth-order valence-electron chi connectivity index (χ4n) is 1.62. The molecule has 3 heteroatoms. The predicted molar refractivity (Wildman–Crippen MR) is 72.6 cm³/mol. The van der Waals surface area contributed by atoms with Crippen LogP contribution in [0.2, 0.25) is 0 Å². The highest BCUT2D eigenvalue weighted by atomic mass is 79.9. The third-order valence-corrected chi connectivity index (χ3v) is 3.25. The van der Waals surface area contributed by atoms with Crippen LogP contribution in [-0.4, -0.2) is 31.7 Å². The Hall–Kier alpha value is -0.540. The van der Waals surface area contributed by atoms with Gasteiger partial charge in [0.25, 0.3) is 0 Å². The summed E-state index contributed by atoms with van der Waals surface area (Å²) in [4.78, 5) is 2.32. The van der Waals surface area contributed by atoms with Gasteiger partial charge in [0, 0.05) is 25.9 Å². The first-order valence-electron chi connectivity index (χ1n) is 5.74. The number of ether oxygens (including phenoxy) is 1. The van der Waals surface area contributed by atoms with Gasteiger partial charge in [0.15, 0.2) is 0 Å². The Morgan fingerprint density at radius 3 is 2.94 bits per heavy atom. The molecule has 0 bridgehead atoms. The second-order valence-electron chi connectivity index (χ2n) is 3.72. The zero-order valence-corrected chi connectivity index (χ0v) is 11.7. The van der Waals surface area contributed by atoms with Crippen LogP contribution in [0.4, 0.5) is 0 Å². The van der Waals surface area contributed by atoms with Gasteiger partial charge in [-0.15, -0.1) is 0 Å². The van der Waals surface area contributed by atoms with Crippen molar-refractivity contribution in [3.63, 3.8) is 0 Å². The average Bonchev–Trinajstić information content (AvgIpc) is 2.27. The number of allylic oxidation sites excluding steroid dienone is 5. The molecule has 0 aromatic carbocycles. The van der Waals surface area contributed by atoms with Gasteiger partial charge in [-0.2, -0.15) is 0 Å². The zero-order chi connectivity index (χ0) is 11.8. The molecular formula is C13H20BrNO. The first-order chi connectivity index (χ1) is 7.77. The van der Waals surface area contributed by atoms with Crippen molar-refractivity contribution < 1.29 is 4.74 Å². The number of likely N-dealkylation sites (N-methyl/N-ethyl adjacent to an activating group) is 1. The minimum atomic E-state index is 0.768. The number of halogens is 1. The molecule has 1 rings (SSSR count). The topological polar surface area (TPSA) is 12.5 Å². The maximum Gasteiger partial charge on any atom is 0.0637 e. The van der Waals surface area contributed by atoms with Gasteiger partial charge in [-0.25, -0.2) is 0 Å². The van der Waals surface area contributed by atoms with E-state index in [4.69, 9.17) is 4.74 Å². The van der Waals surface area contributed by atoms with E-state index in [1.165, 1.54) is 10.2 Å². The highest BCUT2D eigenvalue weighted by Gasteiger charge is 2.05. The van der Waals surface area contributed by atoms with Crippen LogP contribution in [0.15, 0.2) is 34.5 Å². The van der Waals surface area contributed by atoms with Crippen molar-refractivity contribution in [3.05, 3.63) is 34.5 Å². The van der Waals surface area contributed by atoms with Crippen molar-refractivity contribution in [2.75, 3.05) is 26.8 Å². The van der Waals surface area contributed by atoms with Crippen molar-refractivity contribution >= 4 is 15.9 Å². The van der Waals surface area contributed by atoms with Gasteiger partial charge in [-0.05, 0) is 36.4 Å². The monoisotopic (exact) mass is 285 g/mol. The summed E-state index contributed by atoms with van der Waals surface area (Å²) in [6.07, 6.45) is 10.9. The SMILES string of the molecule is CCN(CCOC)C1=C/C=C(/Br)CC/C=C\1. The molecule has 0 N–H and O–H groups in total. The summed E-state index contributed by atoms with van der Waals surface area (Å²) in [5, 5.41) is 0. The van der Waals surface area contributed by atoms with Crippen molar-refractivity contribution in [1.82, 2.24) is 4.90 Å². The average molecular weight is 286 g/mol. The number of hydrogen-bond acceptors (Lipinski definition) is 2. The molecule has 0 amide bonds. The standard InChI is InChI=1S/C13H20BrNO/c1-3-15(10-11-16-2)13-7-5-4-6-12(14)8-9-13/h5,7-9H,3-4,6,10-11H2,1-2H3/b7-5-,12-8+,13-9+. The Balaban J connectivity index is 2.72. The lowest BCUT2D eigenvalue weighted by molar-refractivity contribution is 0.168. The van der Waals surface area contributed by atoms with E-state index in [-0.39, 0.29) is 0 Å². The maximum absolute atomic E-state index is 5.12. The predicted octanol–water partition coefficient (Wildman–Crippen LogP) is 3.47. The number of hydrogen-bond donors (Lipinski definition) is 0. The van der Waals surface area contributed by atoms with E-state index in [0.717, 1.165) is 32.5 Å². The Kier molecular flexibility index (Phi) is 6.50. The zero-order valence-electron chi connectivity index (χ0n) is 10.1. The van der Waals surface area contributed by atoms with Gasteiger partial charge in [-0.1, -0.05) is 28.1 Å². The number of rotatable bonds is 5. The van der Waals surface area contributed by atoms with Crippen LogP contribution in [0.5, 0.6) is 0 Å². The van der Waals surface area contributed by atoms with Crippen LogP contribution in [-0.2, 0) is 4.74 Å². The van der Waals surface area contributed by atoms with Gasteiger partial charge < -0.3 is 9.64 Å². The second kappa shape index (κ2) is 7.69. The lowest BCUT2D eigenvalue weighted by Crippen LogP contribution is -2.25. The maximum atomic E-state index is 5.12. The van der Waals surface area contributed by atoms with E-state index in [1.54, 1.807) is 7.11 Å². The van der Waals surface area contributed by atoms with Gasteiger partial charge in [0.05, 0.1) is 6.61 Å². The van der Waals surface area contributed by atoms with Crippen LogP contribution in [0, 0.1) is 0 Å². The lowest BCUT2D eigenvalue weighted by atomic mass is 10.2. The molecular weight excluding hydrogens is 266 g/mol. The van der Waals surface area contributed by atoms with Gasteiger partial charge in [0.2, 0.25) is 0 Å². The summed E-state index contributed by atoms with van der Waals surface area (Å²) in [6, 6.07) is 0. The molecule has 0 saturated heterocycles. The summed E-state index contributed by atoms with van der Waals surface area (Å²) in [7, 11) is 1.74. The normalized spacial score (nSPS) is 24.7. The molecule has 0 aliphatic heterocycles. The lowest BCUT2D eigenvalue weighted by Gasteiger charge is -2.24. The molecule has 90 valence electrons. The summed E-state index contributed by atoms with van der Waals surface area (Å²) in [5.41, 5.74) is 1.26. The Labute approximate surface area is 107 Å². The number of nitrogens with zero attached hydrogens (tertiary/aromatic N) is 1. The Morgan fingerprint density at radius 2 is 2.25 bits per heavy atom. The fraction of sp³-hybridized carbons (Fsp3) is 0.538. The summed E-state index contributed by atoms with van der Waals surface area (Å²) >= 11 is 3.56. The van der Waals surface area contributed by atoms with E-state index in [9.17, 15) is 0 Å². The van der Waals surface area contributed by atoms with Gasteiger partial charge in [-0.3, -0.25) is 0 Å². The van der Waals surface area contributed by atoms with Gasteiger partial charge >= 0.3 is 0 Å². The number of methoxy groups -OCH3 is 1. The van der Waals surface area contributed by atoms with Crippen LogP contribution in [0.1, 0.15) is 19.8 Å². The molecule has 16 heavy (non-hydrogen) atoms. The molecule has 0 radical (unpaired) electrons. The molecule has 2 nitrogen and oxygen atoms in total. The largest absolute Gasteiger partial charge is 0.383 e. The van der Waals surface area contributed by atoms with Crippen LogP contribution in [0.3, 0.4) is 0 Å². The molecule has 0 atom stereocenters. The van der Waals surface area contributed by atoms with Crippen molar-refractivity contribution in [2.45, 2.75) is 19.8 Å². The summed E-state index contributed by atoms with van der Waals surface area (Å²) < 4.78 is 6.39. The van der Waals surface area contributed by atoms with E-state index in [1.807, 2.05) is 0 Å². The minimum Gasteiger partial charge on any atom is -0.383 e. The summed E-state index contributed by atoms with van der Waals surface area (Å²) in [6.45, 7) is 4.88.